The van der Waals surface area contributed by atoms with E-state index in [1.807, 2.05) is 58.9 Å². The van der Waals surface area contributed by atoms with E-state index >= 15 is 0 Å². The van der Waals surface area contributed by atoms with Crippen molar-refractivity contribution in [2.24, 2.45) is 5.10 Å². The van der Waals surface area contributed by atoms with Crippen LogP contribution in [0.15, 0.2) is 58.5 Å². The molecule has 0 saturated carbocycles. The molecule has 2 aromatic rings. The van der Waals surface area contributed by atoms with Gasteiger partial charge in [-0.25, -0.2) is 0 Å². The monoisotopic (exact) mass is 561 g/mol. The number of carbonyl (C=O) groups is 2. The summed E-state index contributed by atoms with van der Waals surface area (Å²) in [6, 6.07) is 15.1. The van der Waals surface area contributed by atoms with Crippen LogP contribution in [-0.4, -0.2) is 66.4 Å². The molecule has 0 aromatic heterocycles. The predicted octanol–water partition coefficient (Wildman–Crippen LogP) is 5.38. The standard InChI is InChI=1S/C28H36ClN3O5S/c1-27(2,3)37-26(34)28(4,5)38-23-12-10-20(11-13-23)17-31(14-15-35-6)18-24-30-32(25(33)19-36-24)22-9-7-8-21(29)16-22/h7-13,16H,14-15,17-19H2,1-6H3. The van der Waals surface area contributed by atoms with Crippen LogP contribution < -0.4 is 5.01 Å². The SMILES string of the molecule is COCCN(CC1=NN(c2cccc(Cl)c2)C(=O)CO1)Cc1ccc(SC(C)(C)C(=O)OC(C)(C)C)cc1. The first-order valence-electron chi connectivity index (χ1n) is 12.4. The number of thioether (sulfide) groups is 1. The molecule has 0 fully saturated rings. The van der Waals surface area contributed by atoms with Crippen LogP contribution >= 0.6 is 23.4 Å². The van der Waals surface area contributed by atoms with Gasteiger partial charge in [0, 0.05) is 30.1 Å². The molecule has 1 amide bonds. The lowest BCUT2D eigenvalue weighted by Gasteiger charge is -2.28. The lowest BCUT2D eigenvalue weighted by molar-refractivity contribution is -0.156. The maximum absolute atomic E-state index is 12.6. The number of ether oxygens (including phenoxy) is 3. The highest BCUT2D eigenvalue weighted by Crippen LogP contribution is 2.34. The van der Waals surface area contributed by atoms with Crippen molar-refractivity contribution in [3.05, 3.63) is 59.1 Å². The summed E-state index contributed by atoms with van der Waals surface area (Å²) in [6.07, 6.45) is 0. The van der Waals surface area contributed by atoms with Crippen molar-refractivity contribution >= 4 is 46.8 Å². The molecule has 0 bridgehead atoms. The van der Waals surface area contributed by atoms with E-state index in [1.165, 1.54) is 16.8 Å². The van der Waals surface area contributed by atoms with E-state index in [4.69, 9.17) is 25.8 Å². The maximum Gasteiger partial charge on any atom is 0.322 e. The minimum atomic E-state index is -0.720. The molecule has 0 radical (unpaired) electrons. The van der Waals surface area contributed by atoms with Crippen molar-refractivity contribution in [3.63, 3.8) is 0 Å². The summed E-state index contributed by atoms with van der Waals surface area (Å²) in [5.41, 5.74) is 1.14. The number of amides is 1. The summed E-state index contributed by atoms with van der Waals surface area (Å²) in [5, 5.41) is 6.31. The van der Waals surface area contributed by atoms with Crippen LogP contribution in [0.3, 0.4) is 0 Å². The summed E-state index contributed by atoms with van der Waals surface area (Å²) in [5.74, 6) is -0.0720. The third-order valence-corrected chi connectivity index (χ3v) is 6.85. The molecule has 1 heterocycles. The Kier molecular flexibility index (Phi) is 10.2. The summed E-state index contributed by atoms with van der Waals surface area (Å²) in [4.78, 5) is 28.2. The summed E-state index contributed by atoms with van der Waals surface area (Å²) in [6.45, 7) is 11.4. The van der Waals surface area contributed by atoms with E-state index in [1.54, 1.807) is 31.4 Å². The third-order valence-electron chi connectivity index (χ3n) is 5.43. The Morgan fingerprint density at radius 2 is 1.84 bits per heavy atom. The molecule has 2 aromatic carbocycles. The molecule has 8 nitrogen and oxygen atoms in total. The van der Waals surface area contributed by atoms with E-state index in [0.717, 1.165) is 10.5 Å². The van der Waals surface area contributed by atoms with Gasteiger partial charge in [0.05, 0.1) is 18.8 Å². The fourth-order valence-corrected chi connectivity index (χ4v) is 4.74. The lowest BCUT2D eigenvalue weighted by atomic mass is 10.1. The highest BCUT2D eigenvalue weighted by atomic mass is 35.5. The fourth-order valence-electron chi connectivity index (χ4n) is 3.57. The molecule has 0 aliphatic carbocycles. The van der Waals surface area contributed by atoms with Gasteiger partial charge in [-0.2, -0.15) is 5.01 Å². The Bertz CT molecular complexity index is 1150. The molecule has 1 aliphatic rings. The number of hydrazone groups is 1. The average molecular weight is 562 g/mol. The first kappa shape index (κ1) is 30.0. The van der Waals surface area contributed by atoms with Crippen LogP contribution in [0.2, 0.25) is 5.02 Å². The Balaban J connectivity index is 1.68. The first-order valence-corrected chi connectivity index (χ1v) is 13.6. The molecule has 0 spiro atoms. The Morgan fingerprint density at radius 1 is 1.13 bits per heavy atom. The van der Waals surface area contributed by atoms with Crippen molar-refractivity contribution in [3.8, 4) is 0 Å². The number of methoxy groups -OCH3 is 1. The normalized spacial score (nSPS) is 14.4. The van der Waals surface area contributed by atoms with Gasteiger partial charge < -0.3 is 14.2 Å². The van der Waals surface area contributed by atoms with Gasteiger partial charge in [-0.05, 0) is 70.5 Å². The average Bonchev–Trinajstić information content (AvgIpc) is 2.83. The molecule has 0 saturated heterocycles. The quantitative estimate of drug-likeness (QED) is 0.269. The highest BCUT2D eigenvalue weighted by molar-refractivity contribution is 8.01. The zero-order valence-corrected chi connectivity index (χ0v) is 24.4. The highest BCUT2D eigenvalue weighted by Gasteiger charge is 2.33. The molecule has 10 heteroatoms. The molecule has 0 N–H and O–H groups in total. The number of hydrogen-bond donors (Lipinski definition) is 0. The summed E-state index contributed by atoms with van der Waals surface area (Å²) < 4.78 is 15.8. The number of esters is 1. The molecule has 0 atom stereocenters. The summed E-state index contributed by atoms with van der Waals surface area (Å²) >= 11 is 7.57. The van der Waals surface area contributed by atoms with Crippen molar-refractivity contribution in [2.75, 3.05) is 38.4 Å². The van der Waals surface area contributed by atoms with Crippen molar-refractivity contribution in [2.45, 2.75) is 56.4 Å². The van der Waals surface area contributed by atoms with Crippen LogP contribution in [0.5, 0.6) is 0 Å². The number of anilines is 1. The van der Waals surface area contributed by atoms with E-state index in [0.29, 0.717) is 42.8 Å². The lowest BCUT2D eigenvalue weighted by Crippen LogP contribution is -2.41. The topological polar surface area (TPSA) is 80.7 Å². The van der Waals surface area contributed by atoms with Crippen molar-refractivity contribution in [1.82, 2.24) is 4.90 Å². The van der Waals surface area contributed by atoms with Crippen LogP contribution in [0.4, 0.5) is 5.69 Å². The van der Waals surface area contributed by atoms with Gasteiger partial charge in [-0.15, -0.1) is 16.9 Å². The van der Waals surface area contributed by atoms with Gasteiger partial charge in [-0.1, -0.05) is 29.8 Å². The number of nitrogens with zero attached hydrogens (tertiary/aromatic N) is 3. The zero-order valence-electron chi connectivity index (χ0n) is 22.8. The molecule has 3 rings (SSSR count). The van der Waals surface area contributed by atoms with Crippen LogP contribution in [-0.2, 0) is 30.3 Å². The van der Waals surface area contributed by atoms with Gasteiger partial charge in [0.15, 0.2) is 6.61 Å². The minimum absolute atomic E-state index is 0.0944. The van der Waals surface area contributed by atoms with E-state index < -0.39 is 10.3 Å². The minimum Gasteiger partial charge on any atom is -0.469 e. The Labute approximate surface area is 234 Å². The molecular weight excluding hydrogens is 526 g/mol. The van der Waals surface area contributed by atoms with Crippen molar-refractivity contribution < 1.29 is 23.8 Å². The van der Waals surface area contributed by atoms with E-state index in [2.05, 4.69) is 10.0 Å². The van der Waals surface area contributed by atoms with Gasteiger partial charge in [0.25, 0.3) is 5.91 Å². The Hall–Kier alpha value is -2.59. The number of rotatable bonds is 11. The van der Waals surface area contributed by atoms with Gasteiger partial charge >= 0.3 is 5.97 Å². The second kappa shape index (κ2) is 13.0. The zero-order chi connectivity index (χ0) is 27.9. The van der Waals surface area contributed by atoms with Gasteiger partial charge in [0.1, 0.15) is 10.3 Å². The third kappa shape index (κ3) is 9.01. The Morgan fingerprint density at radius 3 is 2.47 bits per heavy atom. The molecule has 38 heavy (non-hydrogen) atoms. The number of benzene rings is 2. The molecular formula is C28H36ClN3O5S. The molecule has 206 valence electrons. The second-order valence-electron chi connectivity index (χ2n) is 10.4. The first-order chi connectivity index (χ1) is 17.9. The largest absolute Gasteiger partial charge is 0.469 e. The van der Waals surface area contributed by atoms with Crippen LogP contribution in [0, 0.1) is 0 Å². The summed E-state index contributed by atoms with van der Waals surface area (Å²) in [7, 11) is 1.66. The number of hydrogen-bond acceptors (Lipinski definition) is 8. The van der Waals surface area contributed by atoms with Crippen LogP contribution in [0.1, 0.15) is 40.2 Å². The number of carbonyl (C=O) groups excluding carboxylic acids is 2. The smallest absolute Gasteiger partial charge is 0.322 e. The van der Waals surface area contributed by atoms with Gasteiger partial charge in [0.2, 0.25) is 5.90 Å². The van der Waals surface area contributed by atoms with Crippen LogP contribution in [0.25, 0.3) is 0 Å². The fraction of sp³-hybridized carbons (Fsp3) is 0.464. The molecule has 1 aliphatic heterocycles. The second-order valence-corrected chi connectivity index (χ2v) is 12.6. The predicted molar refractivity (Wildman–Crippen MR) is 152 cm³/mol. The number of halogens is 1. The van der Waals surface area contributed by atoms with Crippen molar-refractivity contribution in [1.29, 1.82) is 0 Å². The maximum atomic E-state index is 12.6. The van der Waals surface area contributed by atoms with E-state index in [-0.39, 0.29) is 18.5 Å². The molecule has 0 unspecified atom stereocenters. The van der Waals surface area contributed by atoms with E-state index in [9.17, 15) is 9.59 Å². The van der Waals surface area contributed by atoms with Gasteiger partial charge in [-0.3, -0.25) is 14.5 Å².